The van der Waals surface area contributed by atoms with Gasteiger partial charge < -0.3 is 9.47 Å². The second kappa shape index (κ2) is 12.2. The van der Waals surface area contributed by atoms with Crippen molar-refractivity contribution in [3.8, 4) is 11.5 Å². The fourth-order valence-corrected chi connectivity index (χ4v) is 3.04. The molecule has 0 spiro atoms. The van der Waals surface area contributed by atoms with Crippen LogP contribution in [0.4, 0.5) is 0 Å². The van der Waals surface area contributed by atoms with Gasteiger partial charge in [-0.2, -0.15) is 0 Å². The summed E-state index contributed by atoms with van der Waals surface area (Å²) >= 11 is 0. The molecule has 0 aliphatic heterocycles. The van der Waals surface area contributed by atoms with E-state index in [0.29, 0.717) is 12.2 Å². The first kappa shape index (κ1) is 21.0. The van der Waals surface area contributed by atoms with Gasteiger partial charge in [0.15, 0.2) is 0 Å². The molecule has 0 radical (unpaired) electrons. The summed E-state index contributed by atoms with van der Waals surface area (Å²) in [5.74, 6) is 1.41. The number of unbranched alkanes of at least 4 members (excludes halogenated alkanes) is 4. The Morgan fingerprint density at radius 1 is 0.704 bits per heavy atom. The largest absolute Gasteiger partial charge is 0.494 e. The van der Waals surface area contributed by atoms with Gasteiger partial charge in [-0.25, -0.2) is 0 Å². The molecule has 0 N–H and O–H groups in total. The van der Waals surface area contributed by atoms with Crippen LogP contribution in [0.1, 0.15) is 63.5 Å². The lowest BCUT2D eigenvalue weighted by Crippen LogP contribution is -2.05. The summed E-state index contributed by atoms with van der Waals surface area (Å²) in [5.41, 5.74) is 2.70. The molecule has 0 amide bonds. The number of rotatable bonds is 12. The van der Waals surface area contributed by atoms with E-state index in [4.69, 9.17) is 9.47 Å². The number of esters is 1. The minimum atomic E-state index is -0.187. The van der Waals surface area contributed by atoms with Crippen LogP contribution in [-0.4, -0.2) is 12.6 Å². The molecule has 0 atom stereocenters. The predicted octanol–water partition coefficient (Wildman–Crippen LogP) is 6.14. The highest BCUT2D eigenvalue weighted by molar-refractivity contribution is 5.71. The van der Waals surface area contributed by atoms with Gasteiger partial charge in [0.25, 0.3) is 0 Å². The second-order valence-electron chi connectivity index (χ2n) is 6.82. The maximum Gasteiger partial charge on any atom is 0.310 e. The smallest absolute Gasteiger partial charge is 0.310 e. The maximum atomic E-state index is 11.3. The van der Waals surface area contributed by atoms with Crippen molar-refractivity contribution in [1.82, 2.24) is 0 Å². The van der Waals surface area contributed by atoms with Crippen molar-refractivity contribution < 1.29 is 14.3 Å². The van der Waals surface area contributed by atoms with Crippen molar-refractivity contribution in [3.63, 3.8) is 0 Å². The fraction of sp³-hybridized carbons (Fsp3) is 0.458. The first-order chi connectivity index (χ1) is 13.2. The highest BCUT2D eigenvalue weighted by atomic mass is 16.5. The zero-order valence-corrected chi connectivity index (χ0v) is 16.7. The molecule has 3 heteroatoms. The minimum absolute atomic E-state index is 0.187. The SMILES string of the molecule is CCOc1ccc(CCCCCCCc2ccc(OC(=O)CC)cc2)cc1. The third kappa shape index (κ3) is 8.29. The Hall–Kier alpha value is -2.29. The summed E-state index contributed by atoms with van der Waals surface area (Å²) in [5, 5.41) is 0. The molecule has 0 aliphatic rings. The van der Waals surface area contributed by atoms with Gasteiger partial charge in [-0.1, -0.05) is 50.5 Å². The van der Waals surface area contributed by atoms with Crippen LogP contribution in [-0.2, 0) is 17.6 Å². The summed E-state index contributed by atoms with van der Waals surface area (Å²) in [4.78, 5) is 11.3. The summed E-state index contributed by atoms with van der Waals surface area (Å²) < 4.78 is 10.7. The van der Waals surface area contributed by atoms with Gasteiger partial charge in [0.2, 0.25) is 0 Å². The molecule has 0 bridgehead atoms. The van der Waals surface area contributed by atoms with Crippen LogP contribution >= 0.6 is 0 Å². The van der Waals surface area contributed by atoms with Crippen LogP contribution in [0.5, 0.6) is 11.5 Å². The quantitative estimate of drug-likeness (QED) is 0.256. The van der Waals surface area contributed by atoms with E-state index in [1.807, 2.05) is 19.1 Å². The molecule has 27 heavy (non-hydrogen) atoms. The van der Waals surface area contributed by atoms with Gasteiger partial charge in [0.1, 0.15) is 11.5 Å². The summed E-state index contributed by atoms with van der Waals surface area (Å²) in [6.45, 7) is 4.53. The van der Waals surface area contributed by atoms with E-state index in [0.717, 1.165) is 25.2 Å². The van der Waals surface area contributed by atoms with E-state index in [1.54, 1.807) is 6.92 Å². The van der Waals surface area contributed by atoms with Gasteiger partial charge in [0.05, 0.1) is 6.61 Å². The normalized spacial score (nSPS) is 10.6. The van der Waals surface area contributed by atoms with Crippen molar-refractivity contribution >= 4 is 5.97 Å². The van der Waals surface area contributed by atoms with E-state index < -0.39 is 0 Å². The van der Waals surface area contributed by atoms with Crippen LogP contribution in [0.25, 0.3) is 0 Å². The molecule has 0 fully saturated rings. The summed E-state index contributed by atoms with van der Waals surface area (Å²) in [7, 11) is 0. The number of aryl methyl sites for hydroxylation is 2. The Morgan fingerprint density at radius 3 is 1.67 bits per heavy atom. The Kier molecular flexibility index (Phi) is 9.47. The third-order valence-corrected chi connectivity index (χ3v) is 4.61. The molecular weight excluding hydrogens is 336 g/mol. The molecule has 0 aromatic heterocycles. The summed E-state index contributed by atoms with van der Waals surface area (Å²) in [6, 6.07) is 16.4. The second-order valence-corrected chi connectivity index (χ2v) is 6.82. The zero-order chi connectivity index (χ0) is 19.3. The van der Waals surface area contributed by atoms with Crippen LogP contribution in [0.15, 0.2) is 48.5 Å². The Morgan fingerprint density at radius 2 is 1.19 bits per heavy atom. The lowest BCUT2D eigenvalue weighted by atomic mass is 10.0. The molecule has 2 rings (SSSR count). The van der Waals surface area contributed by atoms with Gasteiger partial charge in [-0.3, -0.25) is 4.79 Å². The van der Waals surface area contributed by atoms with Gasteiger partial charge in [-0.15, -0.1) is 0 Å². The number of hydrogen-bond acceptors (Lipinski definition) is 3. The number of benzene rings is 2. The number of carbonyl (C=O) groups is 1. The first-order valence-corrected chi connectivity index (χ1v) is 10.2. The maximum absolute atomic E-state index is 11.3. The molecule has 3 nitrogen and oxygen atoms in total. The molecular formula is C24H32O3. The van der Waals surface area contributed by atoms with E-state index in [9.17, 15) is 4.79 Å². The molecule has 2 aromatic rings. The predicted molar refractivity (Wildman–Crippen MR) is 110 cm³/mol. The van der Waals surface area contributed by atoms with Gasteiger partial charge in [-0.05, 0) is 68.0 Å². The van der Waals surface area contributed by atoms with Crippen molar-refractivity contribution in [1.29, 1.82) is 0 Å². The van der Waals surface area contributed by atoms with E-state index >= 15 is 0 Å². The van der Waals surface area contributed by atoms with Crippen molar-refractivity contribution in [2.75, 3.05) is 6.61 Å². The molecule has 146 valence electrons. The van der Waals surface area contributed by atoms with Crippen LogP contribution < -0.4 is 9.47 Å². The molecule has 0 aliphatic carbocycles. The standard InChI is InChI=1S/C24H32O3/c1-3-24(25)27-23-18-14-21(15-19-23)11-9-7-5-6-8-10-20-12-16-22(17-13-20)26-4-2/h12-19H,3-11H2,1-2H3. The van der Waals surface area contributed by atoms with E-state index in [2.05, 4.69) is 36.4 Å². The number of ether oxygens (including phenoxy) is 2. The number of carbonyl (C=O) groups excluding carboxylic acids is 1. The van der Waals surface area contributed by atoms with Crippen molar-refractivity contribution in [2.24, 2.45) is 0 Å². The highest BCUT2D eigenvalue weighted by Crippen LogP contribution is 2.17. The van der Waals surface area contributed by atoms with Crippen molar-refractivity contribution in [3.05, 3.63) is 59.7 Å². The molecule has 0 saturated heterocycles. The molecule has 0 unspecified atom stereocenters. The van der Waals surface area contributed by atoms with Crippen molar-refractivity contribution in [2.45, 2.75) is 65.2 Å². The first-order valence-electron chi connectivity index (χ1n) is 10.2. The molecule has 0 saturated carbocycles. The van der Waals surface area contributed by atoms with E-state index in [-0.39, 0.29) is 5.97 Å². The van der Waals surface area contributed by atoms with Crippen LogP contribution in [0.2, 0.25) is 0 Å². The van der Waals surface area contributed by atoms with Gasteiger partial charge >= 0.3 is 5.97 Å². The summed E-state index contributed by atoms with van der Waals surface area (Å²) in [6.07, 6.45) is 8.90. The van der Waals surface area contributed by atoms with Crippen LogP contribution in [0, 0.1) is 0 Å². The third-order valence-electron chi connectivity index (χ3n) is 4.61. The van der Waals surface area contributed by atoms with Crippen LogP contribution in [0.3, 0.4) is 0 Å². The van der Waals surface area contributed by atoms with Gasteiger partial charge in [0, 0.05) is 6.42 Å². The fourth-order valence-electron chi connectivity index (χ4n) is 3.04. The zero-order valence-electron chi connectivity index (χ0n) is 16.7. The lowest BCUT2D eigenvalue weighted by Gasteiger charge is -2.06. The van der Waals surface area contributed by atoms with E-state index in [1.165, 1.54) is 43.2 Å². The molecule has 2 aromatic carbocycles. The minimum Gasteiger partial charge on any atom is -0.494 e. The number of hydrogen-bond donors (Lipinski definition) is 0. The average molecular weight is 369 g/mol. The monoisotopic (exact) mass is 368 g/mol. The highest BCUT2D eigenvalue weighted by Gasteiger charge is 2.02. The Balaban J connectivity index is 1.54. The Bertz CT molecular complexity index is 659. The lowest BCUT2D eigenvalue weighted by molar-refractivity contribution is -0.134. The Labute approximate surface area is 163 Å². The molecule has 0 heterocycles. The topological polar surface area (TPSA) is 35.5 Å². The average Bonchev–Trinajstić information content (AvgIpc) is 2.70.